The molecule has 0 aliphatic rings. The number of amides is 1. The zero-order chi connectivity index (χ0) is 27.3. The molecular weight excluding hydrogens is 504 g/mol. The minimum Gasteiger partial charge on any atom is -0.491 e. The molecule has 198 valence electrons. The van der Waals surface area contributed by atoms with E-state index in [1.54, 1.807) is 24.3 Å². The van der Waals surface area contributed by atoms with Crippen molar-refractivity contribution >= 4 is 29.3 Å². The van der Waals surface area contributed by atoms with E-state index in [0.29, 0.717) is 54.2 Å². The molecule has 38 heavy (non-hydrogen) atoms. The van der Waals surface area contributed by atoms with Crippen molar-refractivity contribution < 1.29 is 23.7 Å². The Morgan fingerprint density at radius 2 is 1.68 bits per heavy atom. The predicted octanol–water partition coefficient (Wildman–Crippen LogP) is 6.38. The van der Waals surface area contributed by atoms with Crippen molar-refractivity contribution in [2.45, 2.75) is 20.8 Å². The molecule has 0 radical (unpaired) electrons. The maximum atomic E-state index is 12.6. The highest BCUT2D eigenvalue weighted by Gasteiger charge is 2.15. The molecule has 8 heteroatoms. The third-order valence-electron chi connectivity index (χ3n) is 5.28. The number of ether oxygens (including phenoxy) is 4. The Kier molecular flexibility index (Phi) is 11.0. The van der Waals surface area contributed by atoms with Gasteiger partial charge in [-0.15, -0.1) is 0 Å². The van der Waals surface area contributed by atoms with Gasteiger partial charge in [0.05, 0.1) is 24.8 Å². The summed E-state index contributed by atoms with van der Waals surface area (Å²) in [5, 5.41) is 12.6. The molecule has 0 saturated carbocycles. The number of hydrogen-bond donors (Lipinski definition) is 1. The van der Waals surface area contributed by atoms with Crippen molar-refractivity contribution in [2.24, 2.45) is 0 Å². The summed E-state index contributed by atoms with van der Waals surface area (Å²) in [6.45, 7) is 7.61. The van der Waals surface area contributed by atoms with E-state index in [4.69, 9.17) is 30.5 Å². The zero-order valence-corrected chi connectivity index (χ0v) is 22.5. The second kappa shape index (κ2) is 14.7. The Bertz CT molecular complexity index is 1300. The summed E-state index contributed by atoms with van der Waals surface area (Å²) in [5.74, 6) is 1.06. The predicted molar refractivity (Wildman–Crippen MR) is 149 cm³/mol. The number of halogens is 1. The first kappa shape index (κ1) is 28.6. The lowest BCUT2D eigenvalue weighted by atomic mass is 10.1. The van der Waals surface area contributed by atoms with E-state index in [1.165, 1.54) is 6.08 Å². The van der Waals surface area contributed by atoms with Gasteiger partial charge in [-0.2, -0.15) is 5.26 Å². The lowest BCUT2D eigenvalue weighted by molar-refractivity contribution is -0.112. The Morgan fingerprint density at radius 3 is 2.37 bits per heavy atom. The van der Waals surface area contributed by atoms with Gasteiger partial charge in [-0.1, -0.05) is 41.4 Å². The molecule has 0 heterocycles. The average Bonchev–Trinajstić information content (AvgIpc) is 2.89. The third kappa shape index (κ3) is 8.84. The summed E-state index contributed by atoms with van der Waals surface area (Å²) in [6, 6.07) is 20.4. The molecule has 3 rings (SSSR count). The summed E-state index contributed by atoms with van der Waals surface area (Å²) in [5.41, 5.74) is 3.26. The van der Waals surface area contributed by atoms with Crippen LogP contribution in [0, 0.1) is 25.2 Å². The number of carbonyl (C=O) groups excluding carboxylic acids is 1. The highest BCUT2D eigenvalue weighted by molar-refractivity contribution is 6.32. The van der Waals surface area contributed by atoms with Crippen LogP contribution in [-0.2, 0) is 9.53 Å². The van der Waals surface area contributed by atoms with Crippen LogP contribution < -0.4 is 19.5 Å². The van der Waals surface area contributed by atoms with E-state index in [9.17, 15) is 10.1 Å². The molecule has 0 spiro atoms. The van der Waals surface area contributed by atoms with Crippen molar-refractivity contribution in [3.63, 3.8) is 0 Å². The van der Waals surface area contributed by atoms with E-state index < -0.39 is 5.91 Å². The molecule has 0 unspecified atom stereocenters. The van der Waals surface area contributed by atoms with Gasteiger partial charge >= 0.3 is 0 Å². The average molecular weight is 535 g/mol. The maximum Gasteiger partial charge on any atom is 0.266 e. The number of nitriles is 1. The molecule has 0 atom stereocenters. The van der Waals surface area contributed by atoms with Gasteiger partial charge in [-0.3, -0.25) is 4.79 Å². The highest BCUT2D eigenvalue weighted by Crippen LogP contribution is 2.37. The van der Waals surface area contributed by atoms with Crippen LogP contribution in [-0.4, -0.2) is 38.9 Å². The van der Waals surface area contributed by atoms with Crippen LogP contribution in [0.5, 0.6) is 17.2 Å². The second-order valence-corrected chi connectivity index (χ2v) is 8.79. The fourth-order valence-electron chi connectivity index (χ4n) is 3.45. The number of aryl methyl sites for hydroxylation is 2. The molecule has 3 aromatic rings. The Hall–Kier alpha value is -3.99. The van der Waals surface area contributed by atoms with Crippen molar-refractivity contribution in [1.29, 1.82) is 5.26 Å². The Morgan fingerprint density at radius 1 is 0.947 bits per heavy atom. The summed E-state index contributed by atoms with van der Waals surface area (Å²) < 4.78 is 22.8. The quantitative estimate of drug-likeness (QED) is 0.155. The van der Waals surface area contributed by atoms with E-state index >= 15 is 0 Å². The monoisotopic (exact) mass is 534 g/mol. The van der Waals surface area contributed by atoms with Crippen LogP contribution in [0.2, 0.25) is 5.02 Å². The maximum absolute atomic E-state index is 12.6. The van der Waals surface area contributed by atoms with Crippen LogP contribution in [0.25, 0.3) is 6.08 Å². The number of hydrogen-bond acceptors (Lipinski definition) is 6. The molecular formula is C30H31ClN2O5. The molecule has 0 fully saturated rings. The number of benzene rings is 3. The zero-order valence-electron chi connectivity index (χ0n) is 21.8. The second-order valence-electron chi connectivity index (χ2n) is 8.38. The van der Waals surface area contributed by atoms with Crippen molar-refractivity contribution in [1.82, 2.24) is 0 Å². The fraction of sp³-hybridized carbons (Fsp3) is 0.267. The highest BCUT2D eigenvalue weighted by atomic mass is 35.5. The van der Waals surface area contributed by atoms with Gasteiger partial charge in [0.25, 0.3) is 5.91 Å². The standard InChI is InChI=1S/C30H31ClN2O5/c1-4-36-28-19-23(17-24(20-32)30(34)33-25-10-8-21(2)9-11-25)18-27(31)29(28)38-15-13-35-12-14-37-26-7-5-6-22(3)16-26/h5-11,16-19H,4,12-15H2,1-3H3,(H,33,34)/b24-17+. The summed E-state index contributed by atoms with van der Waals surface area (Å²) >= 11 is 6.49. The molecule has 0 saturated heterocycles. The molecule has 7 nitrogen and oxygen atoms in total. The molecule has 3 aromatic carbocycles. The molecule has 1 N–H and O–H groups in total. The third-order valence-corrected chi connectivity index (χ3v) is 5.56. The first-order chi connectivity index (χ1) is 18.4. The first-order valence-corrected chi connectivity index (χ1v) is 12.6. The van der Waals surface area contributed by atoms with E-state index in [1.807, 2.05) is 63.2 Å². The fourth-order valence-corrected chi connectivity index (χ4v) is 3.73. The largest absolute Gasteiger partial charge is 0.491 e. The van der Waals surface area contributed by atoms with Crippen molar-refractivity contribution in [3.8, 4) is 23.3 Å². The SMILES string of the molecule is CCOc1cc(/C=C(\C#N)C(=O)Nc2ccc(C)cc2)cc(Cl)c1OCCOCCOc1cccc(C)c1. The number of nitrogens with zero attached hydrogens (tertiary/aromatic N) is 1. The number of carbonyl (C=O) groups is 1. The Labute approximate surface area is 228 Å². The van der Waals surface area contributed by atoms with Gasteiger partial charge < -0.3 is 24.3 Å². The lowest BCUT2D eigenvalue weighted by Crippen LogP contribution is -2.13. The number of nitrogens with one attached hydrogen (secondary N) is 1. The summed E-state index contributed by atoms with van der Waals surface area (Å²) in [7, 11) is 0. The van der Waals surface area contributed by atoms with Crippen LogP contribution in [0.1, 0.15) is 23.6 Å². The smallest absolute Gasteiger partial charge is 0.266 e. The van der Waals surface area contributed by atoms with Gasteiger partial charge in [-0.05, 0) is 74.4 Å². The van der Waals surface area contributed by atoms with E-state index in [-0.39, 0.29) is 12.2 Å². The van der Waals surface area contributed by atoms with Gasteiger partial charge in [0.15, 0.2) is 11.5 Å². The van der Waals surface area contributed by atoms with Crippen molar-refractivity contribution in [2.75, 3.05) is 38.4 Å². The van der Waals surface area contributed by atoms with Gasteiger partial charge in [-0.25, -0.2) is 0 Å². The molecule has 0 aromatic heterocycles. The van der Waals surface area contributed by atoms with Gasteiger partial charge in [0, 0.05) is 5.69 Å². The normalized spacial score (nSPS) is 11.0. The molecule has 1 amide bonds. The number of rotatable bonds is 13. The van der Waals surface area contributed by atoms with Gasteiger partial charge in [0.2, 0.25) is 0 Å². The summed E-state index contributed by atoms with van der Waals surface area (Å²) in [4.78, 5) is 12.6. The Balaban J connectivity index is 1.57. The van der Waals surface area contributed by atoms with Crippen LogP contribution >= 0.6 is 11.6 Å². The molecule has 0 aliphatic heterocycles. The molecule has 0 bridgehead atoms. The molecule has 0 aliphatic carbocycles. The lowest BCUT2D eigenvalue weighted by Gasteiger charge is -2.15. The first-order valence-electron chi connectivity index (χ1n) is 12.3. The van der Waals surface area contributed by atoms with Crippen LogP contribution in [0.3, 0.4) is 0 Å². The number of anilines is 1. The minimum atomic E-state index is -0.519. The van der Waals surface area contributed by atoms with Crippen molar-refractivity contribution in [3.05, 3.63) is 87.9 Å². The van der Waals surface area contributed by atoms with Crippen LogP contribution in [0.4, 0.5) is 5.69 Å². The van der Waals surface area contributed by atoms with E-state index in [2.05, 4.69) is 5.32 Å². The van der Waals surface area contributed by atoms with Crippen LogP contribution in [0.15, 0.2) is 66.2 Å². The topological polar surface area (TPSA) is 89.8 Å². The van der Waals surface area contributed by atoms with E-state index in [0.717, 1.165) is 16.9 Å². The van der Waals surface area contributed by atoms with Gasteiger partial charge in [0.1, 0.15) is 30.6 Å². The summed E-state index contributed by atoms with van der Waals surface area (Å²) in [6.07, 6.45) is 1.46. The minimum absolute atomic E-state index is 0.0703.